The molecule has 1 rings (SSSR count). The van der Waals surface area contributed by atoms with Crippen molar-refractivity contribution in [2.45, 2.75) is 57.7 Å². The van der Waals surface area contributed by atoms with Gasteiger partial charge in [-0.2, -0.15) is 0 Å². The van der Waals surface area contributed by atoms with Crippen molar-refractivity contribution in [3.63, 3.8) is 0 Å². The van der Waals surface area contributed by atoms with Crippen LogP contribution in [0.2, 0.25) is 0 Å². The van der Waals surface area contributed by atoms with Crippen LogP contribution >= 0.6 is 15.9 Å². The lowest BCUT2D eigenvalue weighted by atomic mass is 9.87. The molecule has 1 amide bonds. The Morgan fingerprint density at radius 3 is 2.56 bits per heavy atom. The Labute approximate surface area is 108 Å². The minimum absolute atomic E-state index is 0.195. The Balaban J connectivity index is 2.36. The number of rotatable bonds is 4. The maximum Gasteiger partial charge on any atom is 0.225 e. The normalized spacial score (nSPS) is 26.5. The average Bonchev–Trinajstić information content (AvgIpc) is 2.27. The third-order valence-electron chi connectivity index (χ3n) is 3.84. The highest BCUT2D eigenvalue weighted by Crippen LogP contribution is 2.29. The van der Waals surface area contributed by atoms with Crippen LogP contribution in [-0.2, 0) is 4.79 Å². The number of carbonyl (C=O) groups excluding carboxylic acids is 1. The van der Waals surface area contributed by atoms with Crippen LogP contribution in [-0.4, -0.2) is 17.3 Å². The lowest BCUT2D eigenvalue weighted by Crippen LogP contribution is -2.41. The number of nitrogens with one attached hydrogen (secondary N) is 1. The summed E-state index contributed by atoms with van der Waals surface area (Å²) in [5, 5.41) is 3.11. The molecule has 0 radical (unpaired) electrons. The van der Waals surface area contributed by atoms with Crippen LogP contribution in [0.4, 0.5) is 0 Å². The van der Waals surface area contributed by atoms with Gasteiger partial charge in [0, 0.05) is 16.8 Å². The summed E-state index contributed by atoms with van der Waals surface area (Å²) >= 11 is 3.72. The lowest BCUT2D eigenvalue weighted by Gasteiger charge is -2.29. The van der Waals surface area contributed by atoms with Crippen molar-refractivity contribution in [3.05, 3.63) is 0 Å². The Morgan fingerprint density at radius 1 is 1.38 bits per heavy atom. The monoisotopic (exact) mass is 289 g/mol. The summed E-state index contributed by atoms with van der Waals surface area (Å²) in [4.78, 5) is 12.5. The molecule has 1 fully saturated rings. The van der Waals surface area contributed by atoms with Crippen molar-refractivity contribution < 1.29 is 4.79 Å². The first kappa shape index (κ1) is 14.0. The molecule has 0 aromatic heterocycles. The fraction of sp³-hybridized carbons (Fsp3) is 0.923. The smallest absolute Gasteiger partial charge is 0.225 e. The number of hydrogen-bond acceptors (Lipinski definition) is 1. The highest BCUT2D eigenvalue weighted by atomic mass is 79.9. The Hall–Kier alpha value is -0.0500. The molecule has 0 aromatic rings. The van der Waals surface area contributed by atoms with Gasteiger partial charge in [-0.05, 0) is 25.2 Å². The first-order chi connectivity index (χ1) is 7.47. The molecular weight excluding hydrogens is 266 g/mol. The van der Waals surface area contributed by atoms with Crippen molar-refractivity contribution >= 4 is 21.8 Å². The van der Waals surface area contributed by atoms with Crippen LogP contribution in [0.15, 0.2) is 0 Å². The van der Waals surface area contributed by atoms with Crippen LogP contribution in [0.5, 0.6) is 0 Å². The van der Waals surface area contributed by atoms with Crippen molar-refractivity contribution in [2.24, 2.45) is 11.3 Å². The average molecular weight is 290 g/mol. The van der Waals surface area contributed by atoms with E-state index in [9.17, 15) is 4.79 Å². The molecule has 0 heterocycles. The number of amides is 1. The van der Waals surface area contributed by atoms with Crippen molar-refractivity contribution in [1.29, 1.82) is 0 Å². The Morgan fingerprint density at radius 2 is 2.00 bits per heavy atom. The molecular formula is C13H24BrNO. The molecule has 0 aromatic carbocycles. The highest BCUT2D eigenvalue weighted by molar-refractivity contribution is 9.09. The largest absolute Gasteiger partial charge is 0.355 e. The first-order valence-corrected chi connectivity index (χ1v) is 7.31. The maximum atomic E-state index is 11.9. The molecule has 2 nitrogen and oxygen atoms in total. The summed E-state index contributed by atoms with van der Waals surface area (Å²) in [6, 6.07) is 0. The summed E-state index contributed by atoms with van der Waals surface area (Å²) in [5.74, 6) is 0.811. The molecule has 0 saturated heterocycles. The van der Waals surface area contributed by atoms with Gasteiger partial charge in [-0.1, -0.05) is 49.5 Å². The molecule has 0 aliphatic heterocycles. The zero-order valence-electron chi connectivity index (χ0n) is 10.7. The molecule has 1 N–H and O–H groups in total. The highest BCUT2D eigenvalue weighted by Gasteiger charge is 2.28. The number of alkyl halides is 1. The second-order valence-corrected chi connectivity index (χ2v) is 6.68. The van der Waals surface area contributed by atoms with E-state index in [-0.39, 0.29) is 11.3 Å². The maximum absolute atomic E-state index is 11.9. The van der Waals surface area contributed by atoms with Crippen LogP contribution in [0, 0.1) is 11.3 Å². The van der Waals surface area contributed by atoms with E-state index < -0.39 is 0 Å². The standard InChI is InChI=1S/C13H24BrNO/c1-4-13(2,3)12(16)15-9-10-7-5-6-8-11(10)14/h10-11H,4-9H2,1-3H3,(H,15,16). The van der Waals surface area contributed by atoms with Crippen LogP contribution in [0.1, 0.15) is 52.9 Å². The lowest BCUT2D eigenvalue weighted by molar-refractivity contribution is -0.129. The van der Waals surface area contributed by atoms with Gasteiger partial charge in [-0.15, -0.1) is 0 Å². The Kier molecular flexibility index (Phi) is 5.29. The summed E-state index contributed by atoms with van der Waals surface area (Å²) < 4.78 is 0. The molecule has 1 saturated carbocycles. The predicted octanol–water partition coefficient (Wildman–Crippen LogP) is 3.49. The van der Waals surface area contributed by atoms with Gasteiger partial charge in [-0.25, -0.2) is 0 Å². The van der Waals surface area contributed by atoms with Gasteiger partial charge in [-0.3, -0.25) is 4.79 Å². The van der Waals surface area contributed by atoms with Crippen LogP contribution < -0.4 is 5.32 Å². The van der Waals surface area contributed by atoms with E-state index in [1.165, 1.54) is 25.7 Å². The summed E-state index contributed by atoms with van der Waals surface area (Å²) in [6.07, 6.45) is 6.00. The number of hydrogen-bond donors (Lipinski definition) is 1. The summed E-state index contributed by atoms with van der Waals surface area (Å²) in [6.45, 7) is 6.91. The van der Waals surface area contributed by atoms with E-state index in [0.29, 0.717) is 10.7 Å². The van der Waals surface area contributed by atoms with E-state index in [1.54, 1.807) is 0 Å². The Bertz CT molecular complexity index is 240. The fourth-order valence-electron chi connectivity index (χ4n) is 2.02. The predicted molar refractivity (Wildman–Crippen MR) is 71.8 cm³/mol. The van der Waals surface area contributed by atoms with Crippen molar-refractivity contribution in [2.75, 3.05) is 6.54 Å². The van der Waals surface area contributed by atoms with Gasteiger partial charge in [0.15, 0.2) is 0 Å². The zero-order chi connectivity index (χ0) is 12.2. The zero-order valence-corrected chi connectivity index (χ0v) is 12.3. The van der Waals surface area contributed by atoms with Gasteiger partial charge in [0.05, 0.1) is 0 Å². The van der Waals surface area contributed by atoms with Crippen LogP contribution in [0.25, 0.3) is 0 Å². The van der Waals surface area contributed by atoms with Crippen molar-refractivity contribution in [3.8, 4) is 0 Å². The van der Waals surface area contributed by atoms with E-state index in [4.69, 9.17) is 0 Å². The molecule has 94 valence electrons. The fourth-order valence-corrected chi connectivity index (χ4v) is 2.79. The van der Waals surface area contributed by atoms with E-state index in [2.05, 4.69) is 28.2 Å². The third kappa shape index (κ3) is 3.76. The molecule has 1 aliphatic rings. The molecule has 2 atom stereocenters. The van der Waals surface area contributed by atoms with Gasteiger partial charge in [0.2, 0.25) is 5.91 Å². The molecule has 1 aliphatic carbocycles. The van der Waals surface area contributed by atoms with Gasteiger partial charge in [0.1, 0.15) is 0 Å². The minimum atomic E-state index is -0.226. The second kappa shape index (κ2) is 6.04. The van der Waals surface area contributed by atoms with Gasteiger partial charge in [0.25, 0.3) is 0 Å². The minimum Gasteiger partial charge on any atom is -0.355 e. The first-order valence-electron chi connectivity index (χ1n) is 6.39. The van der Waals surface area contributed by atoms with E-state index in [0.717, 1.165) is 13.0 Å². The quantitative estimate of drug-likeness (QED) is 0.789. The number of halogens is 1. The second-order valence-electron chi connectivity index (χ2n) is 5.51. The summed E-state index contributed by atoms with van der Waals surface area (Å²) in [5.41, 5.74) is -0.226. The molecule has 2 unspecified atom stereocenters. The molecule has 16 heavy (non-hydrogen) atoms. The third-order valence-corrected chi connectivity index (χ3v) is 5.05. The van der Waals surface area contributed by atoms with E-state index in [1.807, 2.05) is 13.8 Å². The summed E-state index contributed by atoms with van der Waals surface area (Å²) in [7, 11) is 0. The van der Waals surface area contributed by atoms with Crippen LogP contribution in [0.3, 0.4) is 0 Å². The molecule has 3 heteroatoms. The number of carbonyl (C=O) groups is 1. The molecule has 0 bridgehead atoms. The van der Waals surface area contributed by atoms with E-state index >= 15 is 0 Å². The molecule has 0 spiro atoms. The van der Waals surface area contributed by atoms with Gasteiger partial charge < -0.3 is 5.32 Å². The van der Waals surface area contributed by atoms with Crippen molar-refractivity contribution in [1.82, 2.24) is 5.32 Å². The SMILES string of the molecule is CCC(C)(C)C(=O)NCC1CCCCC1Br. The topological polar surface area (TPSA) is 29.1 Å². The van der Waals surface area contributed by atoms with Gasteiger partial charge >= 0.3 is 0 Å².